The molecule has 0 spiro atoms. The molecule has 0 N–H and O–H groups in total. The van der Waals surface area contributed by atoms with Crippen LogP contribution in [0.2, 0.25) is 0 Å². The molecule has 2 atom stereocenters. The molecule has 0 aromatic rings. The van der Waals surface area contributed by atoms with Gasteiger partial charge in [0.2, 0.25) is 5.91 Å². The molecule has 2 unspecified atom stereocenters. The van der Waals surface area contributed by atoms with E-state index in [1.54, 1.807) is 0 Å². The van der Waals surface area contributed by atoms with Crippen LogP contribution in [0, 0.1) is 23.2 Å². The number of unbranched alkanes of at least 4 members (excludes halogenated alkanes) is 1. The fourth-order valence-electron chi connectivity index (χ4n) is 1.76. The minimum atomic E-state index is -0.499. The third kappa shape index (κ3) is 4.77. The van der Waals surface area contributed by atoms with Crippen LogP contribution in [0.4, 0.5) is 0 Å². The maximum absolute atomic E-state index is 12.3. The Labute approximate surface area is 106 Å². The molecular formula is C14H26N2O. The number of hydrogen-bond donors (Lipinski definition) is 0. The number of hydrogen-bond acceptors (Lipinski definition) is 2. The van der Waals surface area contributed by atoms with Crippen LogP contribution in [0.1, 0.15) is 53.9 Å². The first-order valence-corrected chi connectivity index (χ1v) is 6.69. The van der Waals surface area contributed by atoms with E-state index in [0.717, 1.165) is 25.8 Å². The van der Waals surface area contributed by atoms with E-state index in [0.29, 0.717) is 0 Å². The first-order valence-electron chi connectivity index (χ1n) is 6.69. The van der Waals surface area contributed by atoms with E-state index in [9.17, 15) is 4.79 Å². The normalized spacial score (nSPS) is 14.2. The molecule has 0 aromatic heterocycles. The van der Waals surface area contributed by atoms with Crippen LogP contribution in [-0.4, -0.2) is 23.4 Å². The zero-order valence-corrected chi connectivity index (χ0v) is 11.9. The van der Waals surface area contributed by atoms with E-state index >= 15 is 0 Å². The number of nitrogens with zero attached hydrogens (tertiary/aromatic N) is 2. The summed E-state index contributed by atoms with van der Waals surface area (Å²) in [6.45, 7) is 10.9. The molecule has 0 bridgehead atoms. The van der Waals surface area contributed by atoms with Crippen molar-refractivity contribution >= 4 is 5.91 Å². The summed E-state index contributed by atoms with van der Waals surface area (Å²) in [6.07, 6.45) is 3.01. The number of carbonyl (C=O) groups is 1. The van der Waals surface area contributed by atoms with E-state index < -0.39 is 5.92 Å². The Morgan fingerprint density at radius 2 is 1.88 bits per heavy atom. The van der Waals surface area contributed by atoms with Crippen molar-refractivity contribution in [3.8, 4) is 6.07 Å². The second kappa shape index (κ2) is 8.11. The number of carbonyl (C=O) groups excluding carboxylic acids is 1. The topological polar surface area (TPSA) is 44.1 Å². The molecule has 3 heteroatoms. The highest BCUT2D eigenvalue weighted by Crippen LogP contribution is 2.17. The van der Waals surface area contributed by atoms with Crippen LogP contribution in [-0.2, 0) is 4.79 Å². The average Bonchev–Trinajstić information content (AvgIpc) is 2.29. The highest BCUT2D eigenvalue weighted by molar-refractivity contribution is 5.81. The lowest BCUT2D eigenvalue weighted by molar-refractivity contribution is -0.137. The van der Waals surface area contributed by atoms with Crippen LogP contribution in [0.15, 0.2) is 0 Å². The summed E-state index contributed by atoms with van der Waals surface area (Å²) in [5.41, 5.74) is 0. The van der Waals surface area contributed by atoms with Gasteiger partial charge in [-0.2, -0.15) is 5.26 Å². The van der Waals surface area contributed by atoms with Gasteiger partial charge >= 0.3 is 0 Å². The molecule has 0 rings (SSSR count). The highest BCUT2D eigenvalue weighted by atomic mass is 16.2. The molecular weight excluding hydrogens is 212 g/mol. The maximum atomic E-state index is 12.3. The number of rotatable bonds is 7. The number of amides is 1. The zero-order chi connectivity index (χ0) is 13.4. The van der Waals surface area contributed by atoms with E-state index in [4.69, 9.17) is 5.26 Å². The second-order valence-corrected chi connectivity index (χ2v) is 4.99. The van der Waals surface area contributed by atoms with Crippen LogP contribution < -0.4 is 0 Å². The van der Waals surface area contributed by atoms with Gasteiger partial charge in [-0.1, -0.05) is 34.1 Å². The Balaban J connectivity index is 4.78. The SMILES string of the molecule is CCCCN(C(=O)C(C#N)C(C)C)C(C)CC. The van der Waals surface area contributed by atoms with Crippen molar-refractivity contribution in [1.82, 2.24) is 4.90 Å². The van der Waals surface area contributed by atoms with Crippen LogP contribution in [0.25, 0.3) is 0 Å². The van der Waals surface area contributed by atoms with Crippen LogP contribution in [0.5, 0.6) is 0 Å². The molecule has 0 aliphatic rings. The fourth-order valence-corrected chi connectivity index (χ4v) is 1.76. The Morgan fingerprint density at radius 1 is 1.29 bits per heavy atom. The van der Waals surface area contributed by atoms with Gasteiger partial charge in [0.25, 0.3) is 0 Å². The molecule has 0 fully saturated rings. The molecule has 0 aliphatic carbocycles. The monoisotopic (exact) mass is 238 g/mol. The average molecular weight is 238 g/mol. The summed E-state index contributed by atoms with van der Waals surface area (Å²) in [5, 5.41) is 9.10. The minimum Gasteiger partial charge on any atom is -0.339 e. The van der Waals surface area contributed by atoms with Gasteiger partial charge < -0.3 is 4.90 Å². The lowest BCUT2D eigenvalue weighted by atomic mass is 9.95. The molecule has 0 heterocycles. The van der Waals surface area contributed by atoms with E-state index in [2.05, 4.69) is 26.8 Å². The Morgan fingerprint density at radius 3 is 2.24 bits per heavy atom. The van der Waals surface area contributed by atoms with Gasteiger partial charge in [-0.05, 0) is 25.7 Å². The van der Waals surface area contributed by atoms with E-state index in [1.165, 1.54) is 0 Å². The third-order valence-corrected chi connectivity index (χ3v) is 3.23. The molecule has 17 heavy (non-hydrogen) atoms. The van der Waals surface area contributed by atoms with Crippen molar-refractivity contribution in [3.63, 3.8) is 0 Å². The second-order valence-electron chi connectivity index (χ2n) is 4.99. The molecule has 0 aliphatic heterocycles. The molecule has 3 nitrogen and oxygen atoms in total. The fraction of sp³-hybridized carbons (Fsp3) is 0.857. The largest absolute Gasteiger partial charge is 0.339 e. The molecule has 0 radical (unpaired) electrons. The van der Waals surface area contributed by atoms with Crippen LogP contribution >= 0.6 is 0 Å². The molecule has 1 amide bonds. The van der Waals surface area contributed by atoms with Gasteiger partial charge in [0.1, 0.15) is 5.92 Å². The number of nitriles is 1. The van der Waals surface area contributed by atoms with Gasteiger partial charge in [0.15, 0.2) is 0 Å². The van der Waals surface area contributed by atoms with Crippen molar-refractivity contribution < 1.29 is 4.79 Å². The summed E-state index contributed by atoms with van der Waals surface area (Å²) in [4.78, 5) is 14.2. The van der Waals surface area contributed by atoms with Crippen molar-refractivity contribution in [3.05, 3.63) is 0 Å². The maximum Gasteiger partial charge on any atom is 0.240 e. The van der Waals surface area contributed by atoms with E-state index in [-0.39, 0.29) is 17.9 Å². The predicted molar refractivity (Wildman–Crippen MR) is 70.3 cm³/mol. The van der Waals surface area contributed by atoms with Crippen molar-refractivity contribution in [1.29, 1.82) is 5.26 Å². The third-order valence-electron chi connectivity index (χ3n) is 3.23. The summed E-state index contributed by atoms with van der Waals surface area (Å²) < 4.78 is 0. The summed E-state index contributed by atoms with van der Waals surface area (Å²) >= 11 is 0. The standard InChI is InChI=1S/C14H26N2O/c1-6-8-9-16(12(5)7-2)14(17)13(10-15)11(3)4/h11-13H,6-9H2,1-5H3. The zero-order valence-electron chi connectivity index (χ0n) is 11.9. The predicted octanol–water partition coefficient (Wildman–Crippen LogP) is 3.21. The highest BCUT2D eigenvalue weighted by Gasteiger charge is 2.28. The summed E-state index contributed by atoms with van der Waals surface area (Å²) in [7, 11) is 0. The molecule has 0 saturated carbocycles. The van der Waals surface area contributed by atoms with Crippen molar-refractivity contribution in [2.75, 3.05) is 6.54 Å². The summed E-state index contributed by atoms with van der Waals surface area (Å²) in [6, 6.07) is 2.37. The quantitative estimate of drug-likeness (QED) is 0.683. The van der Waals surface area contributed by atoms with E-state index in [1.807, 2.05) is 18.7 Å². The van der Waals surface area contributed by atoms with Crippen molar-refractivity contribution in [2.45, 2.75) is 59.9 Å². The summed E-state index contributed by atoms with van der Waals surface area (Å²) in [5.74, 6) is -0.410. The minimum absolute atomic E-state index is 0.00491. The van der Waals surface area contributed by atoms with Gasteiger partial charge in [-0.15, -0.1) is 0 Å². The first-order chi connectivity index (χ1) is 7.99. The van der Waals surface area contributed by atoms with Gasteiger partial charge in [0, 0.05) is 12.6 Å². The Bertz CT molecular complexity index is 268. The first kappa shape index (κ1) is 16.0. The lowest BCUT2D eigenvalue weighted by Crippen LogP contribution is -2.43. The Hall–Kier alpha value is -1.04. The molecule has 0 aromatic carbocycles. The molecule has 98 valence electrons. The van der Waals surface area contributed by atoms with Crippen molar-refractivity contribution in [2.24, 2.45) is 11.8 Å². The van der Waals surface area contributed by atoms with Gasteiger partial charge in [-0.3, -0.25) is 4.79 Å². The lowest BCUT2D eigenvalue weighted by Gasteiger charge is -2.31. The Kier molecular flexibility index (Phi) is 7.61. The van der Waals surface area contributed by atoms with Gasteiger partial charge in [0.05, 0.1) is 6.07 Å². The smallest absolute Gasteiger partial charge is 0.240 e. The molecule has 0 saturated heterocycles. The van der Waals surface area contributed by atoms with Crippen LogP contribution in [0.3, 0.4) is 0 Å². The van der Waals surface area contributed by atoms with Gasteiger partial charge in [-0.25, -0.2) is 0 Å².